The number of carbonyl (C=O) groups excluding carboxylic acids is 1. The van der Waals surface area contributed by atoms with Crippen molar-refractivity contribution in [2.45, 2.75) is 13.5 Å². The van der Waals surface area contributed by atoms with E-state index in [2.05, 4.69) is 15.6 Å². The molecule has 4 nitrogen and oxygen atoms in total. The first-order valence-electron chi connectivity index (χ1n) is 5.86. The number of hydrogen-bond donors (Lipinski definition) is 2. The van der Waals surface area contributed by atoms with Crippen LogP contribution >= 0.6 is 0 Å². The van der Waals surface area contributed by atoms with Gasteiger partial charge in [0.2, 0.25) is 0 Å². The molecule has 5 heteroatoms. The summed E-state index contributed by atoms with van der Waals surface area (Å²) in [5.41, 5.74) is 1.66. The van der Waals surface area contributed by atoms with Crippen LogP contribution in [0.5, 0.6) is 0 Å². The first-order valence-corrected chi connectivity index (χ1v) is 5.86. The lowest BCUT2D eigenvalue weighted by Crippen LogP contribution is -2.28. The van der Waals surface area contributed by atoms with Crippen LogP contribution in [0, 0.1) is 12.7 Å². The number of rotatable bonds is 3. The molecule has 0 spiro atoms. The van der Waals surface area contributed by atoms with Gasteiger partial charge in [0.15, 0.2) is 0 Å². The van der Waals surface area contributed by atoms with E-state index in [1.54, 1.807) is 18.2 Å². The molecule has 0 saturated carbocycles. The maximum absolute atomic E-state index is 12.7. The zero-order valence-electron chi connectivity index (χ0n) is 10.5. The molecule has 1 aromatic heterocycles. The lowest BCUT2D eigenvalue weighted by atomic mass is 10.2. The Morgan fingerprint density at radius 1 is 1.21 bits per heavy atom. The number of amides is 2. The minimum Gasteiger partial charge on any atom is -0.334 e. The van der Waals surface area contributed by atoms with Gasteiger partial charge in [-0.2, -0.15) is 0 Å². The maximum atomic E-state index is 12.7. The van der Waals surface area contributed by atoms with E-state index in [1.165, 1.54) is 12.1 Å². The average Bonchev–Trinajstić information content (AvgIpc) is 2.38. The SMILES string of the molecule is Cc1cccc(NC(=O)NCc2ccc(F)cc2)n1. The molecule has 0 aliphatic heterocycles. The summed E-state index contributed by atoms with van der Waals surface area (Å²) in [5, 5.41) is 5.30. The fourth-order valence-electron chi connectivity index (χ4n) is 1.56. The Morgan fingerprint density at radius 2 is 1.95 bits per heavy atom. The highest BCUT2D eigenvalue weighted by molar-refractivity contribution is 5.88. The van der Waals surface area contributed by atoms with Crippen molar-refractivity contribution in [3.63, 3.8) is 0 Å². The molecule has 2 N–H and O–H groups in total. The molecular weight excluding hydrogens is 245 g/mol. The third kappa shape index (κ3) is 4.06. The first kappa shape index (κ1) is 13.0. The quantitative estimate of drug-likeness (QED) is 0.890. The zero-order valence-corrected chi connectivity index (χ0v) is 10.5. The highest BCUT2D eigenvalue weighted by Crippen LogP contribution is 2.04. The molecular formula is C14H14FN3O. The number of hydrogen-bond acceptors (Lipinski definition) is 2. The molecule has 0 unspecified atom stereocenters. The molecule has 2 rings (SSSR count). The summed E-state index contributed by atoms with van der Waals surface area (Å²) in [5.74, 6) is 0.203. The fraction of sp³-hybridized carbons (Fsp3) is 0.143. The Bertz CT molecular complexity index is 569. The van der Waals surface area contributed by atoms with Crippen LogP contribution < -0.4 is 10.6 Å². The number of benzene rings is 1. The van der Waals surface area contributed by atoms with Crippen molar-refractivity contribution in [3.8, 4) is 0 Å². The molecule has 0 aliphatic carbocycles. The Morgan fingerprint density at radius 3 is 2.63 bits per heavy atom. The van der Waals surface area contributed by atoms with Crippen molar-refractivity contribution in [2.24, 2.45) is 0 Å². The van der Waals surface area contributed by atoms with Crippen LogP contribution in [0.1, 0.15) is 11.3 Å². The van der Waals surface area contributed by atoms with Crippen molar-refractivity contribution < 1.29 is 9.18 Å². The van der Waals surface area contributed by atoms with E-state index < -0.39 is 0 Å². The minimum atomic E-state index is -0.345. The van der Waals surface area contributed by atoms with Crippen molar-refractivity contribution in [1.29, 1.82) is 0 Å². The van der Waals surface area contributed by atoms with Crippen LogP contribution in [0.2, 0.25) is 0 Å². The Balaban J connectivity index is 1.86. The summed E-state index contributed by atoms with van der Waals surface area (Å²) in [6.07, 6.45) is 0. The van der Waals surface area contributed by atoms with Gasteiger partial charge in [0.1, 0.15) is 11.6 Å². The summed E-state index contributed by atoms with van der Waals surface area (Å²) < 4.78 is 12.7. The van der Waals surface area contributed by atoms with Crippen LogP contribution in [0.15, 0.2) is 42.5 Å². The second-order valence-corrected chi connectivity index (χ2v) is 4.10. The largest absolute Gasteiger partial charge is 0.334 e. The van der Waals surface area contributed by atoms with Gasteiger partial charge in [-0.1, -0.05) is 18.2 Å². The van der Waals surface area contributed by atoms with Gasteiger partial charge in [0, 0.05) is 12.2 Å². The molecule has 19 heavy (non-hydrogen) atoms. The van der Waals surface area contributed by atoms with E-state index in [4.69, 9.17) is 0 Å². The first-order chi connectivity index (χ1) is 9.13. The molecule has 2 aromatic rings. The number of anilines is 1. The summed E-state index contributed by atoms with van der Waals surface area (Å²) >= 11 is 0. The van der Waals surface area contributed by atoms with E-state index in [9.17, 15) is 9.18 Å². The third-order valence-electron chi connectivity index (χ3n) is 2.50. The van der Waals surface area contributed by atoms with Gasteiger partial charge < -0.3 is 5.32 Å². The number of carbonyl (C=O) groups is 1. The minimum absolute atomic E-state index is 0.294. The monoisotopic (exact) mass is 259 g/mol. The number of pyridine rings is 1. The molecule has 0 radical (unpaired) electrons. The molecule has 0 bridgehead atoms. The number of aryl methyl sites for hydroxylation is 1. The lowest BCUT2D eigenvalue weighted by molar-refractivity contribution is 0.251. The van der Waals surface area contributed by atoms with Crippen LogP contribution in [0.25, 0.3) is 0 Å². The van der Waals surface area contributed by atoms with E-state index in [0.717, 1.165) is 11.3 Å². The Kier molecular flexibility index (Phi) is 4.07. The summed E-state index contributed by atoms with van der Waals surface area (Å²) in [6.45, 7) is 2.18. The van der Waals surface area contributed by atoms with Crippen LogP contribution in [-0.2, 0) is 6.54 Å². The topological polar surface area (TPSA) is 54.0 Å². The lowest BCUT2D eigenvalue weighted by Gasteiger charge is -2.07. The second kappa shape index (κ2) is 5.95. The van der Waals surface area contributed by atoms with Gasteiger partial charge in [0.05, 0.1) is 0 Å². The van der Waals surface area contributed by atoms with Gasteiger partial charge in [-0.25, -0.2) is 14.2 Å². The van der Waals surface area contributed by atoms with Crippen LogP contribution in [0.3, 0.4) is 0 Å². The molecule has 0 saturated heterocycles. The van der Waals surface area contributed by atoms with Crippen LogP contribution in [0.4, 0.5) is 15.0 Å². The van der Waals surface area contributed by atoms with E-state index in [1.807, 2.05) is 19.1 Å². The standard InChI is InChI=1S/C14H14FN3O/c1-10-3-2-4-13(17-10)18-14(19)16-9-11-5-7-12(15)8-6-11/h2-8H,9H2,1H3,(H2,16,17,18,19). The smallest absolute Gasteiger partial charge is 0.320 e. The average molecular weight is 259 g/mol. The van der Waals surface area contributed by atoms with Crippen LogP contribution in [-0.4, -0.2) is 11.0 Å². The molecule has 0 aliphatic rings. The van der Waals surface area contributed by atoms with E-state index in [0.29, 0.717) is 12.4 Å². The number of nitrogens with one attached hydrogen (secondary N) is 2. The molecule has 1 heterocycles. The van der Waals surface area contributed by atoms with Gasteiger partial charge >= 0.3 is 6.03 Å². The van der Waals surface area contributed by atoms with Crippen molar-refractivity contribution in [2.75, 3.05) is 5.32 Å². The van der Waals surface area contributed by atoms with Gasteiger partial charge in [-0.15, -0.1) is 0 Å². The number of nitrogens with zero attached hydrogens (tertiary/aromatic N) is 1. The molecule has 1 aromatic carbocycles. The van der Waals surface area contributed by atoms with E-state index in [-0.39, 0.29) is 11.8 Å². The Hall–Kier alpha value is -2.43. The summed E-state index contributed by atoms with van der Waals surface area (Å²) in [4.78, 5) is 15.8. The molecule has 2 amide bonds. The highest BCUT2D eigenvalue weighted by Gasteiger charge is 2.02. The van der Waals surface area contributed by atoms with Crippen molar-refractivity contribution >= 4 is 11.8 Å². The highest BCUT2D eigenvalue weighted by atomic mass is 19.1. The molecule has 0 atom stereocenters. The third-order valence-corrected chi connectivity index (χ3v) is 2.50. The van der Waals surface area contributed by atoms with Crippen molar-refractivity contribution in [1.82, 2.24) is 10.3 Å². The van der Waals surface area contributed by atoms with E-state index >= 15 is 0 Å². The number of halogens is 1. The van der Waals surface area contributed by atoms with Crippen molar-refractivity contribution in [3.05, 3.63) is 59.5 Å². The van der Waals surface area contributed by atoms with Gasteiger partial charge in [-0.3, -0.25) is 5.32 Å². The second-order valence-electron chi connectivity index (χ2n) is 4.10. The number of aromatic nitrogens is 1. The number of urea groups is 1. The normalized spacial score (nSPS) is 10.0. The summed E-state index contributed by atoms with van der Waals surface area (Å²) in [6, 6.07) is 11.0. The molecule has 0 fully saturated rings. The fourth-order valence-corrected chi connectivity index (χ4v) is 1.56. The van der Waals surface area contributed by atoms with Gasteiger partial charge in [0.25, 0.3) is 0 Å². The summed E-state index contributed by atoms with van der Waals surface area (Å²) in [7, 11) is 0. The predicted molar refractivity (Wildman–Crippen MR) is 71.2 cm³/mol. The van der Waals surface area contributed by atoms with Gasteiger partial charge in [-0.05, 0) is 36.8 Å². The molecule has 98 valence electrons. The maximum Gasteiger partial charge on any atom is 0.320 e. The Labute approximate surface area is 110 Å². The zero-order chi connectivity index (χ0) is 13.7. The predicted octanol–water partition coefficient (Wildman–Crippen LogP) is 2.85.